The molecule has 2 heterocycles. The number of amides is 2. The molecule has 2 amide bonds. The van der Waals surface area contributed by atoms with E-state index in [1.165, 1.54) is 42.4 Å². The predicted molar refractivity (Wildman–Crippen MR) is 132 cm³/mol. The van der Waals surface area contributed by atoms with E-state index in [4.69, 9.17) is 0 Å². The monoisotopic (exact) mass is 495 g/mol. The van der Waals surface area contributed by atoms with Gasteiger partial charge in [-0.25, -0.2) is 0 Å². The number of thioether (sulfide) groups is 1. The number of hydrazine groups is 1. The molecule has 12 heteroatoms. The highest BCUT2D eigenvalue weighted by molar-refractivity contribution is 7.99. The van der Waals surface area contributed by atoms with E-state index >= 15 is 0 Å². The van der Waals surface area contributed by atoms with Crippen molar-refractivity contribution in [2.75, 3.05) is 23.7 Å². The van der Waals surface area contributed by atoms with Gasteiger partial charge >= 0.3 is 0 Å². The number of carbonyl (C=O) groups is 2. The van der Waals surface area contributed by atoms with Crippen molar-refractivity contribution >= 4 is 35.2 Å². The number of nitrogens with zero attached hydrogens (tertiary/aromatic N) is 5. The minimum absolute atomic E-state index is 0.00450. The molecule has 11 nitrogen and oxygen atoms in total. The summed E-state index contributed by atoms with van der Waals surface area (Å²) in [5.74, 6) is -0.246. The standard InChI is InChI=1S/C23H25N7O4S/c1-16-5-9-18(10-6-16)29-22(28-13-3-2-4-14-28)26-27-23(29)35-15-20(31)24-25-21(32)17-7-11-19(12-8-17)30(33)34/h5-12H,2-4,13-15H2,1H3,(H,24,31)(H,25,32). The second-order valence-corrected chi connectivity index (χ2v) is 9.04. The second-order valence-electron chi connectivity index (χ2n) is 8.10. The van der Waals surface area contributed by atoms with Gasteiger partial charge in [0.05, 0.1) is 16.4 Å². The number of rotatable bonds is 7. The summed E-state index contributed by atoms with van der Waals surface area (Å²) >= 11 is 1.22. The lowest BCUT2D eigenvalue weighted by Crippen LogP contribution is -2.42. The third kappa shape index (κ3) is 5.96. The number of hydrogen-bond acceptors (Lipinski definition) is 8. The van der Waals surface area contributed by atoms with Crippen LogP contribution in [0.5, 0.6) is 0 Å². The first kappa shape index (κ1) is 24.2. The summed E-state index contributed by atoms with van der Waals surface area (Å²) in [6.07, 6.45) is 3.39. The Hall–Kier alpha value is -3.93. The quantitative estimate of drug-likeness (QED) is 0.290. The molecule has 35 heavy (non-hydrogen) atoms. The van der Waals surface area contributed by atoms with Crippen LogP contribution >= 0.6 is 11.8 Å². The molecular weight excluding hydrogens is 470 g/mol. The van der Waals surface area contributed by atoms with E-state index in [2.05, 4.69) is 25.9 Å². The van der Waals surface area contributed by atoms with Crippen molar-refractivity contribution in [1.82, 2.24) is 25.6 Å². The summed E-state index contributed by atoms with van der Waals surface area (Å²) in [5, 5.41) is 20.1. The fourth-order valence-electron chi connectivity index (χ4n) is 3.67. The summed E-state index contributed by atoms with van der Waals surface area (Å²) in [5.41, 5.74) is 6.80. The molecule has 0 saturated carbocycles. The van der Waals surface area contributed by atoms with E-state index in [9.17, 15) is 19.7 Å². The normalized spacial score (nSPS) is 13.3. The van der Waals surface area contributed by atoms with Crippen LogP contribution in [-0.2, 0) is 4.79 Å². The molecule has 1 aliphatic heterocycles. The zero-order valence-corrected chi connectivity index (χ0v) is 20.0. The van der Waals surface area contributed by atoms with Crippen LogP contribution in [0.3, 0.4) is 0 Å². The van der Waals surface area contributed by atoms with Crippen LogP contribution in [0.4, 0.5) is 11.6 Å². The number of aromatic nitrogens is 3. The first-order chi connectivity index (χ1) is 16.9. The van der Waals surface area contributed by atoms with E-state index in [0.29, 0.717) is 5.16 Å². The lowest BCUT2D eigenvalue weighted by molar-refractivity contribution is -0.384. The second kappa shape index (κ2) is 11.0. The molecule has 3 aromatic rings. The lowest BCUT2D eigenvalue weighted by atomic mass is 10.1. The molecule has 0 atom stereocenters. The number of carbonyl (C=O) groups excluding carboxylic acids is 2. The molecule has 1 aromatic heterocycles. The molecule has 0 aliphatic carbocycles. The Morgan fingerprint density at radius 1 is 1.00 bits per heavy atom. The summed E-state index contributed by atoms with van der Waals surface area (Å²) < 4.78 is 1.96. The van der Waals surface area contributed by atoms with Crippen LogP contribution in [0.1, 0.15) is 35.2 Å². The predicted octanol–water partition coefficient (Wildman–Crippen LogP) is 3.03. The van der Waals surface area contributed by atoms with Crippen molar-refractivity contribution in [1.29, 1.82) is 0 Å². The number of nitro benzene ring substituents is 1. The van der Waals surface area contributed by atoms with E-state index in [-0.39, 0.29) is 17.0 Å². The molecule has 2 aromatic carbocycles. The molecular formula is C23H25N7O4S. The highest BCUT2D eigenvalue weighted by Gasteiger charge is 2.22. The summed E-state index contributed by atoms with van der Waals surface area (Å²) in [4.78, 5) is 37.0. The van der Waals surface area contributed by atoms with E-state index in [1.54, 1.807) is 0 Å². The lowest BCUT2D eigenvalue weighted by Gasteiger charge is -2.27. The minimum atomic E-state index is -0.576. The van der Waals surface area contributed by atoms with Gasteiger partial charge in [-0.3, -0.25) is 35.1 Å². The average Bonchev–Trinajstić information content (AvgIpc) is 3.31. The highest BCUT2D eigenvalue weighted by atomic mass is 32.2. The Morgan fingerprint density at radius 3 is 2.34 bits per heavy atom. The van der Waals surface area contributed by atoms with Gasteiger partial charge in [0.15, 0.2) is 5.16 Å². The van der Waals surface area contributed by atoms with Gasteiger partial charge in [0.25, 0.3) is 11.6 Å². The summed E-state index contributed by atoms with van der Waals surface area (Å²) in [7, 11) is 0. The first-order valence-electron chi connectivity index (χ1n) is 11.2. The summed E-state index contributed by atoms with van der Waals surface area (Å²) in [6.45, 7) is 3.83. The van der Waals surface area contributed by atoms with Crippen molar-refractivity contribution < 1.29 is 14.5 Å². The van der Waals surface area contributed by atoms with E-state index < -0.39 is 16.7 Å². The molecule has 182 valence electrons. The number of non-ortho nitro benzene ring substituents is 1. The topological polar surface area (TPSA) is 135 Å². The molecule has 1 fully saturated rings. The number of aryl methyl sites for hydroxylation is 1. The van der Waals surface area contributed by atoms with Crippen LogP contribution in [0.15, 0.2) is 53.7 Å². The molecule has 0 spiro atoms. The van der Waals surface area contributed by atoms with Gasteiger partial charge < -0.3 is 4.90 Å². The Bertz CT molecular complexity index is 1210. The Kier molecular flexibility index (Phi) is 7.60. The number of benzene rings is 2. The van der Waals surface area contributed by atoms with Crippen molar-refractivity contribution in [3.05, 3.63) is 69.8 Å². The third-order valence-electron chi connectivity index (χ3n) is 5.54. The number of piperidine rings is 1. The fourth-order valence-corrected chi connectivity index (χ4v) is 4.42. The van der Waals surface area contributed by atoms with Gasteiger partial charge in [0, 0.05) is 30.8 Å². The smallest absolute Gasteiger partial charge is 0.269 e. The molecule has 0 unspecified atom stereocenters. The molecule has 0 bridgehead atoms. The first-order valence-corrected chi connectivity index (χ1v) is 12.1. The number of nitro groups is 1. The van der Waals surface area contributed by atoms with Crippen LogP contribution in [0.2, 0.25) is 0 Å². The number of nitrogens with one attached hydrogen (secondary N) is 2. The largest absolute Gasteiger partial charge is 0.341 e. The molecule has 2 N–H and O–H groups in total. The number of anilines is 1. The van der Waals surface area contributed by atoms with E-state index in [0.717, 1.165) is 43.1 Å². The SMILES string of the molecule is Cc1ccc(-n2c(SCC(=O)NNC(=O)c3ccc([N+](=O)[O-])cc3)nnc2N2CCCCC2)cc1. The molecule has 4 rings (SSSR count). The number of hydrogen-bond donors (Lipinski definition) is 2. The van der Waals surface area contributed by atoms with Gasteiger partial charge in [-0.15, -0.1) is 10.2 Å². The van der Waals surface area contributed by atoms with E-state index in [1.807, 2.05) is 35.8 Å². The van der Waals surface area contributed by atoms with Crippen molar-refractivity contribution in [2.24, 2.45) is 0 Å². The maximum Gasteiger partial charge on any atom is 0.269 e. The van der Waals surface area contributed by atoms with Crippen LogP contribution in [-0.4, -0.2) is 50.3 Å². The van der Waals surface area contributed by atoms with Crippen molar-refractivity contribution in [2.45, 2.75) is 31.3 Å². The Labute approximate surface area is 206 Å². The minimum Gasteiger partial charge on any atom is -0.341 e. The van der Waals surface area contributed by atoms with Crippen molar-refractivity contribution in [3.8, 4) is 5.69 Å². The van der Waals surface area contributed by atoms with Gasteiger partial charge in [-0.05, 0) is 50.5 Å². The molecule has 0 radical (unpaired) electrons. The summed E-state index contributed by atoms with van der Waals surface area (Å²) in [6, 6.07) is 13.1. The van der Waals surface area contributed by atoms with Gasteiger partial charge in [-0.1, -0.05) is 29.5 Å². The third-order valence-corrected chi connectivity index (χ3v) is 6.46. The Balaban J connectivity index is 1.40. The zero-order valence-electron chi connectivity index (χ0n) is 19.1. The molecule has 1 aliphatic rings. The van der Waals surface area contributed by atoms with Crippen molar-refractivity contribution in [3.63, 3.8) is 0 Å². The van der Waals surface area contributed by atoms with Gasteiger partial charge in [-0.2, -0.15) is 0 Å². The maximum absolute atomic E-state index is 12.4. The average molecular weight is 496 g/mol. The van der Waals surface area contributed by atoms with Crippen LogP contribution < -0.4 is 15.8 Å². The fraction of sp³-hybridized carbons (Fsp3) is 0.304. The highest BCUT2D eigenvalue weighted by Crippen LogP contribution is 2.28. The van der Waals surface area contributed by atoms with Crippen LogP contribution in [0.25, 0.3) is 5.69 Å². The molecule has 1 saturated heterocycles. The van der Waals surface area contributed by atoms with Gasteiger partial charge in [0.2, 0.25) is 11.9 Å². The Morgan fingerprint density at radius 2 is 1.69 bits per heavy atom. The zero-order chi connectivity index (χ0) is 24.8. The van der Waals surface area contributed by atoms with Crippen LogP contribution in [0, 0.1) is 17.0 Å². The van der Waals surface area contributed by atoms with Gasteiger partial charge in [0.1, 0.15) is 0 Å². The maximum atomic E-state index is 12.4.